The smallest absolute Gasteiger partial charge is 0.254 e. The lowest BCUT2D eigenvalue weighted by Gasteiger charge is -2.37. The van der Waals surface area contributed by atoms with Crippen LogP contribution >= 0.6 is 0 Å². The molecule has 5 aliphatic rings. The van der Waals surface area contributed by atoms with Crippen LogP contribution in [0.3, 0.4) is 0 Å². The lowest BCUT2D eigenvalue weighted by atomic mass is 9.63. The fourth-order valence-electron chi connectivity index (χ4n) is 5.04. The van der Waals surface area contributed by atoms with E-state index in [1.807, 2.05) is 43.3 Å². The summed E-state index contributed by atoms with van der Waals surface area (Å²) in [4.78, 5) is 27.7. The number of carbonyl (C=O) groups is 2. The third-order valence-electron chi connectivity index (χ3n) is 6.37. The molecular formula is C20H21N3O2. The SMILES string of the molecule is CN(C)c1ccc(/C=N\N2C(=O)[C@@H]3[C@H]4C=C[C@H]([C@H]5C[C@H]45)[C@@H]3C2=O)cc1. The Labute approximate surface area is 147 Å². The van der Waals surface area contributed by atoms with Crippen molar-refractivity contribution < 1.29 is 9.59 Å². The predicted molar refractivity (Wildman–Crippen MR) is 94.9 cm³/mol. The van der Waals surface area contributed by atoms with Crippen molar-refractivity contribution in [2.45, 2.75) is 6.42 Å². The van der Waals surface area contributed by atoms with Crippen LogP contribution in [0.15, 0.2) is 41.5 Å². The van der Waals surface area contributed by atoms with Gasteiger partial charge >= 0.3 is 0 Å². The molecule has 6 atom stereocenters. The molecule has 0 aromatic heterocycles. The van der Waals surface area contributed by atoms with Crippen LogP contribution in [0.5, 0.6) is 0 Å². The lowest BCUT2D eigenvalue weighted by molar-refractivity contribution is -0.140. The van der Waals surface area contributed by atoms with E-state index in [2.05, 4.69) is 17.3 Å². The summed E-state index contributed by atoms with van der Waals surface area (Å²) in [6.07, 6.45) is 7.15. The van der Waals surface area contributed by atoms with Crippen LogP contribution in [0.25, 0.3) is 0 Å². The fraction of sp³-hybridized carbons (Fsp3) is 0.450. The van der Waals surface area contributed by atoms with Crippen molar-refractivity contribution >= 4 is 23.7 Å². The van der Waals surface area contributed by atoms with Crippen LogP contribution in [0, 0.1) is 35.5 Å². The molecule has 0 unspecified atom stereocenters. The van der Waals surface area contributed by atoms with Gasteiger partial charge in [0.15, 0.2) is 0 Å². The van der Waals surface area contributed by atoms with E-state index >= 15 is 0 Å². The molecule has 4 aliphatic carbocycles. The number of nitrogens with zero attached hydrogens (tertiary/aromatic N) is 3. The summed E-state index contributed by atoms with van der Waals surface area (Å²) >= 11 is 0. The van der Waals surface area contributed by atoms with E-state index in [1.54, 1.807) is 6.21 Å². The molecule has 5 heteroatoms. The summed E-state index contributed by atoms with van der Waals surface area (Å²) in [5, 5.41) is 5.39. The minimum Gasteiger partial charge on any atom is -0.378 e. The Balaban J connectivity index is 1.39. The van der Waals surface area contributed by atoms with Crippen LogP contribution in [-0.2, 0) is 9.59 Å². The van der Waals surface area contributed by atoms with Gasteiger partial charge in [-0.2, -0.15) is 10.1 Å². The van der Waals surface area contributed by atoms with E-state index < -0.39 is 0 Å². The molecule has 0 radical (unpaired) electrons. The zero-order chi connectivity index (χ0) is 17.3. The number of rotatable bonds is 3. The minimum absolute atomic E-state index is 0.110. The van der Waals surface area contributed by atoms with E-state index in [9.17, 15) is 9.59 Å². The molecule has 1 aromatic carbocycles. The van der Waals surface area contributed by atoms with Gasteiger partial charge in [0, 0.05) is 19.8 Å². The standard InChI is InChI=1S/C20H21N3O2/c1-22(2)12-5-3-11(4-6-12)10-21-23-19(24)17-13-7-8-14(16-9-15(13)16)18(17)20(23)25/h3-8,10,13-18H,9H2,1-2H3/b21-10-/t13-,14+,15-,16-,17+,18-/m1/s1. The summed E-state index contributed by atoms with van der Waals surface area (Å²) in [5.74, 6) is 1.15. The van der Waals surface area contributed by atoms with Crippen molar-refractivity contribution in [3.05, 3.63) is 42.0 Å². The Morgan fingerprint density at radius 2 is 1.56 bits per heavy atom. The van der Waals surface area contributed by atoms with Crippen molar-refractivity contribution in [2.75, 3.05) is 19.0 Å². The number of hydrogen-bond donors (Lipinski definition) is 0. The molecule has 2 saturated carbocycles. The first-order valence-corrected chi connectivity index (χ1v) is 8.94. The molecule has 128 valence electrons. The van der Waals surface area contributed by atoms with Gasteiger partial charge in [-0.25, -0.2) is 0 Å². The van der Waals surface area contributed by atoms with Gasteiger partial charge in [0.1, 0.15) is 0 Å². The number of imide groups is 1. The lowest BCUT2D eigenvalue weighted by Crippen LogP contribution is -2.40. The fourth-order valence-corrected chi connectivity index (χ4v) is 5.04. The molecule has 5 nitrogen and oxygen atoms in total. The first kappa shape index (κ1) is 14.9. The monoisotopic (exact) mass is 335 g/mol. The van der Waals surface area contributed by atoms with Gasteiger partial charge in [0.25, 0.3) is 11.8 Å². The van der Waals surface area contributed by atoms with Crippen LogP contribution in [0.1, 0.15) is 12.0 Å². The van der Waals surface area contributed by atoms with Crippen LogP contribution in [0.2, 0.25) is 0 Å². The van der Waals surface area contributed by atoms with Gasteiger partial charge in [0.05, 0.1) is 18.1 Å². The minimum atomic E-state index is -0.181. The summed E-state index contributed by atoms with van der Waals surface area (Å²) in [7, 11) is 3.97. The third-order valence-corrected chi connectivity index (χ3v) is 6.37. The third kappa shape index (κ3) is 2.04. The quantitative estimate of drug-likeness (QED) is 0.483. The normalized spacial score (nSPS) is 37.6. The largest absolute Gasteiger partial charge is 0.378 e. The van der Waals surface area contributed by atoms with Crippen molar-refractivity contribution in [1.29, 1.82) is 0 Å². The Bertz CT molecular complexity index is 775. The van der Waals surface area contributed by atoms with Gasteiger partial charge in [-0.05, 0) is 47.8 Å². The maximum atomic E-state index is 12.8. The van der Waals surface area contributed by atoms with Gasteiger partial charge in [-0.15, -0.1) is 0 Å². The summed E-state index contributed by atoms with van der Waals surface area (Å²) in [6.45, 7) is 0. The summed E-state index contributed by atoms with van der Waals surface area (Å²) < 4.78 is 0. The van der Waals surface area contributed by atoms with Gasteiger partial charge in [-0.1, -0.05) is 24.3 Å². The number of hydrogen-bond acceptors (Lipinski definition) is 4. The van der Waals surface area contributed by atoms with Gasteiger partial charge in [0.2, 0.25) is 0 Å². The molecular weight excluding hydrogens is 314 g/mol. The highest BCUT2D eigenvalue weighted by molar-refractivity contribution is 6.06. The molecule has 1 saturated heterocycles. The molecule has 1 aromatic rings. The second kappa shape index (κ2) is 5.04. The number of amides is 2. The highest BCUT2D eigenvalue weighted by Gasteiger charge is 2.67. The Morgan fingerprint density at radius 3 is 2.08 bits per heavy atom. The molecule has 1 heterocycles. The topological polar surface area (TPSA) is 53.0 Å². The van der Waals surface area contributed by atoms with Gasteiger partial charge < -0.3 is 4.90 Å². The maximum absolute atomic E-state index is 12.8. The second-order valence-electron chi connectivity index (χ2n) is 7.87. The van der Waals surface area contributed by atoms with Crippen molar-refractivity contribution in [2.24, 2.45) is 40.6 Å². The first-order chi connectivity index (χ1) is 12.1. The highest BCUT2D eigenvalue weighted by Crippen LogP contribution is 2.65. The van der Waals surface area contributed by atoms with E-state index in [0.29, 0.717) is 11.8 Å². The zero-order valence-electron chi connectivity index (χ0n) is 14.4. The molecule has 1 aliphatic heterocycles. The average Bonchev–Trinajstić information content (AvgIpc) is 3.39. The number of benzene rings is 1. The molecule has 0 N–H and O–H groups in total. The number of hydrazone groups is 1. The maximum Gasteiger partial charge on any atom is 0.254 e. The Morgan fingerprint density at radius 1 is 1.00 bits per heavy atom. The molecule has 0 spiro atoms. The number of allylic oxidation sites excluding steroid dienone is 2. The Hall–Kier alpha value is -2.43. The van der Waals surface area contributed by atoms with Crippen molar-refractivity contribution in [3.63, 3.8) is 0 Å². The first-order valence-electron chi connectivity index (χ1n) is 8.94. The Kier molecular flexibility index (Phi) is 3.00. The number of anilines is 1. The van der Waals surface area contributed by atoms with Crippen LogP contribution in [-0.4, -0.2) is 37.1 Å². The zero-order valence-corrected chi connectivity index (χ0v) is 14.4. The van der Waals surface area contributed by atoms with Gasteiger partial charge in [-0.3, -0.25) is 9.59 Å². The van der Waals surface area contributed by atoms with E-state index in [4.69, 9.17) is 0 Å². The van der Waals surface area contributed by atoms with E-state index in [1.165, 1.54) is 6.42 Å². The summed E-state index contributed by atoms with van der Waals surface area (Å²) in [6, 6.07) is 7.87. The molecule has 25 heavy (non-hydrogen) atoms. The molecule has 6 rings (SSSR count). The molecule has 3 fully saturated rings. The van der Waals surface area contributed by atoms with Crippen LogP contribution in [0.4, 0.5) is 5.69 Å². The number of carbonyl (C=O) groups excluding carboxylic acids is 2. The van der Waals surface area contributed by atoms with E-state index in [-0.39, 0.29) is 35.5 Å². The van der Waals surface area contributed by atoms with E-state index in [0.717, 1.165) is 16.3 Å². The average molecular weight is 335 g/mol. The highest BCUT2D eigenvalue weighted by atomic mass is 16.2. The molecule has 2 amide bonds. The molecule has 2 bridgehead atoms. The van der Waals surface area contributed by atoms with Crippen molar-refractivity contribution in [1.82, 2.24) is 5.01 Å². The summed E-state index contributed by atoms with van der Waals surface area (Å²) in [5.41, 5.74) is 1.98. The second-order valence-corrected chi connectivity index (χ2v) is 7.87. The van der Waals surface area contributed by atoms with Crippen LogP contribution < -0.4 is 4.90 Å². The van der Waals surface area contributed by atoms with Crippen molar-refractivity contribution in [3.8, 4) is 0 Å². The predicted octanol–water partition coefficient (Wildman–Crippen LogP) is 2.14.